The van der Waals surface area contributed by atoms with E-state index in [9.17, 15) is 4.79 Å². The molecule has 19 heavy (non-hydrogen) atoms. The lowest BCUT2D eigenvalue weighted by Gasteiger charge is -2.29. The quantitative estimate of drug-likeness (QED) is 0.778. The summed E-state index contributed by atoms with van der Waals surface area (Å²) in [6.07, 6.45) is 0. The molecule has 0 aliphatic heterocycles. The highest BCUT2D eigenvalue weighted by Gasteiger charge is 2.34. The fourth-order valence-corrected chi connectivity index (χ4v) is 1.73. The second-order valence-corrected chi connectivity index (χ2v) is 6.88. The third-order valence-electron chi connectivity index (χ3n) is 2.41. The zero-order valence-electron chi connectivity index (χ0n) is 12.3. The van der Waals surface area contributed by atoms with Gasteiger partial charge < -0.3 is 9.47 Å². The molecular weight excluding hydrogens is 308 g/mol. The molecule has 0 aliphatic carbocycles. The molecule has 0 aromatic heterocycles. The molecular formula is C15H21BrO3. The normalized spacial score (nSPS) is 12.2. The van der Waals surface area contributed by atoms with Gasteiger partial charge in [-0.1, -0.05) is 22.0 Å². The Morgan fingerprint density at radius 2 is 1.74 bits per heavy atom. The molecule has 0 saturated heterocycles. The first-order chi connectivity index (χ1) is 8.51. The zero-order valence-corrected chi connectivity index (χ0v) is 13.9. The standard InChI is InChI=1S/C15H21BrO3/c1-10-7-8-11(9-12(10)16)18-15(5,6)13(17)19-14(2,3)4/h7-9H,1-6H3. The zero-order chi connectivity index (χ0) is 14.8. The van der Waals surface area contributed by atoms with Crippen LogP contribution in [-0.4, -0.2) is 17.2 Å². The van der Waals surface area contributed by atoms with Gasteiger partial charge in [-0.05, 0) is 59.2 Å². The van der Waals surface area contributed by atoms with Crippen LogP contribution in [-0.2, 0) is 9.53 Å². The summed E-state index contributed by atoms with van der Waals surface area (Å²) in [5.74, 6) is 0.255. The highest BCUT2D eigenvalue weighted by Crippen LogP contribution is 2.26. The number of esters is 1. The minimum atomic E-state index is -1.03. The van der Waals surface area contributed by atoms with Crippen LogP contribution >= 0.6 is 15.9 Å². The molecule has 0 bridgehead atoms. The molecule has 0 unspecified atom stereocenters. The van der Waals surface area contributed by atoms with Gasteiger partial charge in [0.25, 0.3) is 0 Å². The molecule has 0 radical (unpaired) electrons. The first-order valence-corrected chi connectivity index (χ1v) is 6.99. The molecule has 0 aliphatic rings. The number of benzene rings is 1. The second-order valence-electron chi connectivity index (χ2n) is 6.03. The van der Waals surface area contributed by atoms with Gasteiger partial charge in [-0.3, -0.25) is 0 Å². The van der Waals surface area contributed by atoms with Crippen molar-refractivity contribution >= 4 is 21.9 Å². The van der Waals surface area contributed by atoms with Crippen LogP contribution < -0.4 is 4.74 Å². The van der Waals surface area contributed by atoms with Gasteiger partial charge in [-0.15, -0.1) is 0 Å². The molecule has 0 atom stereocenters. The van der Waals surface area contributed by atoms with E-state index in [-0.39, 0.29) is 5.97 Å². The number of hydrogen-bond donors (Lipinski definition) is 0. The van der Waals surface area contributed by atoms with Crippen LogP contribution in [0.3, 0.4) is 0 Å². The van der Waals surface area contributed by atoms with Gasteiger partial charge in [0.2, 0.25) is 0 Å². The van der Waals surface area contributed by atoms with E-state index in [1.54, 1.807) is 13.8 Å². The van der Waals surface area contributed by atoms with Crippen molar-refractivity contribution in [1.82, 2.24) is 0 Å². The van der Waals surface area contributed by atoms with Crippen LogP contribution in [0, 0.1) is 6.92 Å². The number of rotatable bonds is 3. The first kappa shape index (κ1) is 16.0. The van der Waals surface area contributed by atoms with Crippen molar-refractivity contribution in [2.24, 2.45) is 0 Å². The number of halogens is 1. The van der Waals surface area contributed by atoms with Gasteiger partial charge in [0, 0.05) is 4.47 Å². The number of carbonyl (C=O) groups excluding carboxylic acids is 1. The van der Waals surface area contributed by atoms with Crippen molar-refractivity contribution in [3.05, 3.63) is 28.2 Å². The Balaban J connectivity index is 2.83. The number of carbonyl (C=O) groups is 1. The Bertz CT molecular complexity index is 473. The number of ether oxygens (including phenoxy) is 2. The maximum atomic E-state index is 12.1. The number of aryl methyl sites for hydroxylation is 1. The summed E-state index contributed by atoms with van der Waals surface area (Å²) in [6.45, 7) is 10.9. The minimum Gasteiger partial charge on any atom is -0.476 e. The summed E-state index contributed by atoms with van der Waals surface area (Å²) < 4.78 is 12.0. The van der Waals surface area contributed by atoms with Crippen molar-refractivity contribution in [1.29, 1.82) is 0 Å². The molecule has 0 fully saturated rings. The molecule has 0 N–H and O–H groups in total. The number of hydrogen-bond acceptors (Lipinski definition) is 3. The fourth-order valence-electron chi connectivity index (χ4n) is 1.37. The van der Waals surface area contributed by atoms with Gasteiger partial charge >= 0.3 is 5.97 Å². The van der Waals surface area contributed by atoms with Crippen LogP contribution in [0.5, 0.6) is 5.75 Å². The van der Waals surface area contributed by atoms with Crippen LogP contribution in [0.25, 0.3) is 0 Å². The molecule has 1 rings (SSSR count). The minimum absolute atomic E-state index is 0.378. The highest BCUT2D eigenvalue weighted by atomic mass is 79.9. The lowest BCUT2D eigenvalue weighted by molar-refractivity contribution is -0.170. The molecule has 0 spiro atoms. The Hall–Kier alpha value is -1.03. The van der Waals surface area contributed by atoms with Gasteiger partial charge in [0.15, 0.2) is 5.60 Å². The molecule has 1 aromatic carbocycles. The molecule has 0 heterocycles. The highest BCUT2D eigenvalue weighted by molar-refractivity contribution is 9.10. The summed E-state index contributed by atoms with van der Waals surface area (Å²) in [5.41, 5.74) is -0.435. The van der Waals surface area contributed by atoms with E-state index in [1.165, 1.54) is 0 Å². The third kappa shape index (κ3) is 4.86. The van der Waals surface area contributed by atoms with Gasteiger partial charge in [-0.2, -0.15) is 0 Å². The predicted octanol–water partition coefficient (Wildman–Crippen LogP) is 4.26. The van der Waals surface area contributed by atoms with Crippen molar-refractivity contribution in [3.63, 3.8) is 0 Å². The Morgan fingerprint density at radius 3 is 2.21 bits per heavy atom. The van der Waals surface area contributed by atoms with Crippen LogP contribution in [0.2, 0.25) is 0 Å². The maximum Gasteiger partial charge on any atom is 0.350 e. The molecule has 106 valence electrons. The van der Waals surface area contributed by atoms with E-state index in [0.717, 1.165) is 10.0 Å². The van der Waals surface area contributed by atoms with E-state index in [2.05, 4.69) is 15.9 Å². The summed E-state index contributed by atoms with van der Waals surface area (Å²) in [6, 6.07) is 5.62. The summed E-state index contributed by atoms with van der Waals surface area (Å²) >= 11 is 3.44. The Labute approximate surface area is 123 Å². The third-order valence-corrected chi connectivity index (χ3v) is 3.26. The summed E-state index contributed by atoms with van der Waals surface area (Å²) in [4.78, 5) is 12.1. The summed E-state index contributed by atoms with van der Waals surface area (Å²) in [5, 5.41) is 0. The van der Waals surface area contributed by atoms with Gasteiger partial charge in [0.1, 0.15) is 11.4 Å². The van der Waals surface area contributed by atoms with Crippen molar-refractivity contribution in [2.45, 2.75) is 52.7 Å². The molecule has 0 amide bonds. The van der Waals surface area contributed by atoms with E-state index in [1.807, 2.05) is 45.9 Å². The van der Waals surface area contributed by atoms with E-state index >= 15 is 0 Å². The SMILES string of the molecule is Cc1ccc(OC(C)(C)C(=O)OC(C)(C)C)cc1Br. The largest absolute Gasteiger partial charge is 0.476 e. The maximum absolute atomic E-state index is 12.1. The average Bonchev–Trinajstić information content (AvgIpc) is 2.20. The fraction of sp³-hybridized carbons (Fsp3) is 0.533. The molecule has 4 heteroatoms. The van der Waals surface area contributed by atoms with Crippen LogP contribution in [0.4, 0.5) is 0 Å². The van der Waals surface area contributed by atoms with Gasteiger partial charge in [-0.25, -0.2) is 4.79 Å². The van der Waals surface area contributed by atoms with E-state index in [0.29, 0.717) is 5.75 Å². The predicted molar refractivity (Wildman–Crippen MR) is 79.4 cm³/mol. The van der Waals surface area contributed by atoms with Crippen molar-refractivity contribution in [2.75, 3.05) is 0 Å². The first-order valence-electron chi connectivity index (χ1n) is 6.20. The van der Waals surface area contributed by atoms with E-state index < -0.39 is 11.2 Å². The molecule has 1 aromatic rings. The van der Waals surface area contributed by atoms with Crippen molar-refractivity contribution < 1.29 is 14.3 Å². The Morgan fingerprint density at radius 1 is 1.16 bits per heavy atom. The monoisotopic (exact) mass is 328 g/mol. The lowest BCUT2D eigenvalue weighted by atomic mass is 10.1. The summed E-state index contributed by atoms with van der Waals surface area (Å²) in [7, 11) is 0. The Kier molecular flexibility index (Phi) is 4.67. The smallest absolute Gasteiger partial charge is 0.350 e. The second kappa shape index (κ2) is 5.53. The molecule has 3 nitrogen and oxygen atoms in total. The molecule has 0 saturated carbocycles. The lowest BCUT2D eigenvalue weighted by Crippen LogP contribution is -2.43. The van der Waals surface area contributed by atoms with Crippen molar-refractivity contribution in [3.8, 4) is 5.75 Å². The van der Waals surface area contributed by atoms with Crippen LogP contribution in [0.15, 0.2) is 22.7 Å². The van der Waals surface area contributed by atoms with Gasteiger partial charge in [0.05, 0.1) is 0 Å². The van der Waals surface area contributed by atoms with E-state index in [4.69, 9.17) is 9.47 Å². The average molecular weight is 329 g/mol. The topological polar surface area (TPSA) is 35.5 Å². The van der Waals surface area contributed by atoms with Crippen LogP contribution in [0.1, 0.15) is 40.2 Å².